The van der Waals surface area contributed by atoms with Gasteiger partial charge in [0, 0.05) is 31.5 Å². The number of para-hydroxylation sites is 1. The number of anilines is 1. The minimum Gasteiger partial charge on any atom is -0.487 e. The number of nitrogens with zero attached hydrogens (tertiary/aromatic N) is 2. The molecule has 0 spiro atoms. The van der Waals surface area contributed by atoms with Gasteiger partial charge >= 0.3 is 0 Å². The summed E-state index contributed by atoms with van der Waals surface area (Å²) in [5, 5.41) is 7.54. The van der Waals surface area contributed by atoms with E-state index in [2.05, 4.69) is 10.4 Å². The van der Waals surface area contributed by atoms with Crippen molar-refractivity contribution in [2.24, 2.45) is 7.05 Å². The molecule has 1 aromatic heterocycles. The Kier molecular flexibility index (Phi) is 6.61. The van der Waals surface area contributed by atoms with Crippen molar-refractivity contribution in [3.63, 3.8) is 0 Å². The lowest BCUT2D eigenvalue weighted by Gasteiger charge is -2.13. The van der Waals surface area contributed by atoms with Gasteiger partial charge in [0.1, 0.15) is 6.61 Å². The molecule has 2 aromatic rings. The molecule has 0 unspecified atom stereocenters. The Bertz CT molecular complexity index is 784. The van der Waals surface area contributed by atoms with Gasteiger partial charge in [0.2, 0.25) is 5.91 Å². The molecule has 25 heavy (non-hydrogen) atoms. The number of nitrogens with one attached hydrogen (secondary N) is 1. The summed E-state index contributed by atoms with van der Waals surface area (Å²) in [6, 6.07) is 5.19. The first-order valence-corrected chi connectivity index (χ1v) is 8.21. The van der Waals surface area contributed by atoms with Crippen LogP contribution in [0.15, 0.2) is 24.3 Å². The van der Waals surface area contributed by atoms with E-state index in [0.29, 0.717) is 29.7 Å². The van der Waals surface area contributed by atoms with Gasteiger partial charge in [-0.05, 0) is 32.1 Å². The molecule has 134 valence electrons. The molecular formula is C18H22ClN3O3. The highest BCUT2D eigenvalue weighted by Gasteiger charge is 2.11. The van der Waals surface area contributed by atoms with E-state index in [1.165, 1.54) is 6.08 Å². The molecule has 1 amide bonds. The average molecular weight is 364 g/mol. The highest BCUT2D eigenvalue weighted by Crippen LogP contribution is 2.32. The number of halogens is 1. The molecule has 1 heterocycles. The number of rotatable bonds is 7. The first kappa shape index (κ1) is 19.0. The van der Waals surface area contributed by atoms with Crippen molar-refractivity contribution in [3.8, 4) is 5.75 Å². The van der Waals surface area contributed by atoms with Gasteiger partial charge < -0.3 is 14.8 Å². The van der Waals surface area contributed by atoms with Crippen LogP contribution in [0.2, 0.25) is 5.02 Å². The molecule has 7 heteroatoms. The Balaban J connectivity index is 2.12. The molecule has 6 nitrogen and oxygen atoms in total. The van der Waals surface area contributed by atoms with Crippen molar-refractivity contribution in [2.75, 3.05) is 25.6 Å². The summed E-state index contributed by atoms with van der Waals surface area (Å²) in [5.74, 6) is 0.151. The first-order valence-electron chi connectivity index (χ1n) is 7.83. The van der Waals surface area contributed by atoms with Crippen LogP contribution >= 0.6 is 11.6 Å². The van der Waals surface area contributed by atoms with Crippen LogP contribution in [-0.4, -0.2) is 36.0 Å². The van der Waals surface area contributed by atoms with E-state index >= 15 is 0 Å². The zero-order chi connectivity index (χ0) is 18.4. The van der Waals surface area contributed by atoms with E-state index in [9.17, 15) is 4.79 Å². The number of aromatic nitrogens is 2. The lowest BCUT2D eigenvalue weighted by Crippen LogP contribution is -2.11. The topological polar surface area (TPSA) is 65.4 Å². The number of ether oxygens (including phenoxy) is 2. The van der Waals surface area contributed by atoms with Gasteiger partial charge in [-0.3, -0.25) is 9.48 Å². The van der Waals surface area contributed by atoms with E-state index in [4.69, 9.17) is 21.1 Å². The van der Waals surface area contributed by atoms with E-state index in [1.54, 1.807) is 36.1 Å². The second kappa shape index (κ2) is 8.69. The average Bonchev–Trinajstić information content (AvgIpc) is 2.81. The molecule has 0 radical (unpaired) electrons. The van der Waals surface area contributed by atoms with Crippen molar-refractivity contribution in [1.82, 2.24) is 9.78 Å². The Labute approximate surface area is 152 Å². The maximum Gasteiger partial charge on any atom is 0.248 e. The Morgan fingerprint density at radius 2 is 2.12 bits per heavy atom. The summed E-state index contributed by atoms with van der Waals surface area (Å²) in [4.78, 5) is 12.3. The highest BCUT2D eigenvalue weighted by molar-refractivity contribution is 6.32. The third kappa shape index (κ3) is 4.84. The molecule has 0 saturated heterocycles. The summed E-state index contributed by atoms with van der Waals surface area (Å²) in [7, 11) is 3.46. The fourth-order valence-corrected chi connectivity index (χ4v) is 2.57. The monoisotopic (exact) mass is 363 g/mol. The van der Waals surface area contributed by atoms with Crippen molar-refractivity contribution in [1.29, 1.82) is 0 Å². The zero-order valence-corrected chi connectivity index (χ0v) is 15.6. The third-order valence-corrected chi connectivity index (χ3v) is 4.02. The molecule has 0 atom stereocenters. The summed E-state index contributed by atoms with van der Waals surface area (Å²) in [6.07, 6.45) is 3.22. The standard InChI is InChI=1S/C18H22ClN3O3/c1-12-14(13(2)22(3)21-12)8-9-17(23)20-16-7-5-6-15(19)18(16)25-11-10-24-4/h5-9H,10-11H2,1-4H3,(H,20,23)/b9-8+. The fourth-order valence-electron chi connectivity index (χ4n) is 2.35. The Morgan fingerprint density at radius 3 is 2.76 bits per heavy atom. The largest absolute Gasteiger partial charge is 0.487 e. The van der Waals surface area contributed by atoms with Gasteiger partial charge in [0.05, 0.1) is 23.0 Å². The number of aryl methyl sites for hydroxylation is 2. The van der Waals surface area contributed by atoms with Crippen LogP contribution in [0, 0.1) is 13.8 Å². The molecule has 1 N–H and O–H groups in total. The van der Waals surface area contributed by atoms with Crippen molar-refractivity contribution >= 4 is 29.3 Å². The van der Waals surface area contributed by atoms with Crippen LogP contribution in [0.5, 0.6) is 5.75 Å². The molecule has 0 saturated carbocycles. The molecule has 0 aliphatic heterocycles. The molecular weight excluding hydrogens is 342 g/mol. The van der Waals surface area contributed by atoms with Gasteiger partial charge in [-0.2, -0.15) is 5.10 Å². The SMILES string of the molecule is COCCOc1c(Cl)cccc1NC(=O)/C=C/c1c(C)nn(C)c1C. The van der Waals surface area contributed by atoms with Crippen LogP contribution in [0.3, 0.4) is 0 Å². The summed E-state index contributed by atoms with van der Waals surface area (Å²) >= 11 is 6.16. The van der Waals surface area contributed by atoms with Crippen LogP contribution < -0.4 is 10.1 Å². The minimum absolute atomic E-state index is 0.276. The smallest absolute Gasteiger partial charge is 0.248 e. The van der Waals surface area contributed by atoms with Gasteiger partial charge in [0.15, 0.2) is 5.75 Å². The van der Waals surface area contributed by atoms with Gasteiger partial charge in [-0.15, -0.1) is 0 Å². The quantitative estimate of drug-likeness (QED) is 0.605. The first-order chi connectivity index (χ1) is 11.9. The van der Waals surface area contributed by atoms with Crippen molar-refractivity contribution < 1.29 is 14.3 Å². The summed E-state index contributed by atoms with van der Waals surface area (Å²) in [6.45, 7) is 4.63. The van der Waals surface area contributed by atoms with Crippen LogP contribution in [0.25, 0.3) is 6.08 Å². The lowest BCUT2D eigenvalue weighted by molar-refractivity contribution is -0.111. The summed E-state index contributed by atoms with van der Waals surface area (Å²) < 4.78 is 12.3. The van der Waals surface area contributed by atoms with E-state index in [0.717, 1.165) is 17.0 Å². The van der Waals surface area contributed by atoms with Crippen molar-refractivity contribution in [3.05, 3.63) is 46.2 Å². The number of hydrogen-bond acceptors (Lipinski definition) is 4. The van der Waals surface area contributed by atoms with Crippen LogP contribution in [0.4, 0.5) is 5.69 Å². The second-order valence-corrected chi connectivity index (χ2v) is 5.90. The highest BCUT2D eigenvalue weighted by atomic mass is 35.5. The van der Waals surface area contributed by atoms with E-state index in [1.807, 2.05) is 20.9 Å². The number of hydrogen-bond donors (Lipinski definition) is 1. The predicted octanol–water partition coefficient (Wildman–Crippen LogP) is 3.37. The van der Waals surface area contributed by atoms with Crippen LogP contribution in [-0.2, 0) is 16.6 Å². The molecule has 1 aromatic carbocycles. The van der Waals surface area contributed by atoms with Gasteiger partial charge in [-0.25, -0.2) is 0 Å². The maximum atomic E-state index is 12.3. The zero-order valence-electron chi connectivity index (χ0n) is 14.8. The number of carbonyl (C=O) groups excluding carboxylic acids is 1. The second-order valence-electron chi connectivity index (χ2n) is 5.49. The minimum atomic E-state index is -0.276. The molecule has 0 bridgehead atoms. The Morgan fingerprint density at radius 1 is 1.36 bits per heavy atom. The molecule has 0 aliphatic carbocycles. The van der Waals surface area contributed by atoms with E-state index in [-0.39, 0.29) is 5.91 Å². The number of benzene rings is 1. The third-order valence-electron chi connectivity index (χ3n) is 3.73. The number of amides is 1. The fraction of sp³-hybridized carbons (Fsp3) is 0.333. The summed E-state index contributed by atoms with van der Waals surface area (Å²) in [5.41, 5.74) is 3.31. The van der Waals surface area contributed by atoms with Gasteiger partial charge in [0.25, 0.3) is 0 Å². The van der Waals surface area contributed by atoms with Gasteiger partial charge in [-0.1, -0.05) is 17.7 Å². The Hall–Kier alpha value is -2.31. The van der Waals surface area contributed by atoms with Crippen molar-refractivity contribution in [2.45, 2.75) is 13.8 Å². The normalized spacial score (nSPS) is 11.1. The number of carbonyl (C=O) groups is 1. The predicted molar refractivity (Wildman–Crippen MR) is 99.2 cm³/mol. The lowest BCUT2D eigenvalue weighted by atomic mass is 10.2. The van der Waals surface area contributed by atoms with Crippen LogP contribution in [0.1, 0.15) is 17.0 Å². The van der Waals surface area contributed by atoms with E-state index < -0.39 is 0 Å². The number of methoxy groups -OCH3 is 1. The molecule has 0 fully saturated rings. The maximum absolute atomic E-state index is 12.3. The molecule has 2 rings (SSSR count). The molecule has 0 aliphatic rings.